The molecule has 0 heterocycles. The SMILES string of the molecule is CCNC(=O)O/N=C/c1ccc([C@H]2C[C@@]3(C)[C@@H](CC[C@]3(COC)OC)[C@@H]3CCC4=C/C(=N/OC(=O)NCC)CCC4=C32)cc1. The van der Waals surface area contributed by atoms with Crippen LogP contribution in [0.25, 0.3) is 0 Å². The van der Waals surface area contributed by atoms with E-state index >= 15 is 0 Å². The van der Waals surface area contributed by atoms with Gasteiger partial charge in [-0.1, -0.05) is 47.1 Å². The van der Waals surface area contributed by atoms with Crippen molar-refractivity contribution in [2.24, 2.45) is 27.6 Å². The molecule has 0 spiro atoms. The Kier molecular flexibility index (Phi) is 9.90. The Bertz CT molecular complexity index is 1350. The number of nitrogens with one attached hydrogen (secondary N) is 2. The Morgan fingerprint density at radius 3 is 2.41 bits per heavy atom. The van der Waals surface area contributed by atoms with E-state index in [1.165, 1.54) is 16.7 Å². The first-order valence-corrected chi connectivity index (χ1v) is 15.9. The molecular weight excluding hydrogens is 560 g/mol. The van der Waals surface area contributed by atoms with Gasteiger partial charge in [-0.2, -0.15) is 0 Å². The summed E-state index contributed by atoms with van der Waals surface area (Å²) in [5.41, 5.74) is 6.86. The third-order valence-corrected chi connectivity index (χ3v) is 10.4. The smallest absolute Gasteiger partial charge is 0.382 e. The maximum Gasteiger partial charge on any atom is 0.433 e. The highest BCUT2D eigenvalue weighted by atomic mass is 16.7. The lowest BCUT2D eigenvalue weighted by Gasteiger charge is -2.55. The van der Waals surface area contributed by atoms with Crippen molar-refractivity contribution in [3.63, 3.8) is 0 Å². The van der Waals surface area contributed by atoms with E-state index in [-0.39, 0.29) is 16.9 Å². The van der Waals surface area contributed by atoms with Crippen molar-refractivity contribution in [2.75, 3.05) is 33.9 Å². The molecule has 5 atom stereocenters. The van der Waals surface area contributed by atoms with E-state index in [0.29, 0.717) is 31.5 Å². The molecule has 44 heavy (non-hydrogen) atoms. The highest BCUT2D eigenvalue weighted by Crippen LogP contribution is 2.67. The lowest BCUT2D eigenvalue weighted by Crippen LogP contribution is -2.54. The second-order valence-electron chi connectivity index (χ2n) is 12.5. The number of carbonyl (C=O) groups is 2. The standard InChI is InChI=1S/C34H46N4O6/c1-6-35-31(39)43-37-20-22-8-10-23(11-9-22)28-19-33(3)29(16-17-34(33,42-5)21-41-4)27-14-12-24-18-25(13-15-26(24)30(27)28)38-44-32(40)36-7-2/h8-11,18,20,27-29H,6-7,12-17,19,21H2,1-5H3,(H,35,39)(H,36,40)/b37-20+,38-25+/t27-,28+,29-,33-,34+/m0/s1. The largest absolute Gasteiger partial charge is 0.433 e. The molecule has 10 heteroatoms. The van der Waals surface area contributed by atoms with Crippen LogP contribution < -0.4 is 10.6 Å². The summed E-state index contributed by atoms with van der Waals surface area (Å²) in [7, 11) is 3.62. The van der Waals surface area contributed by atoms with Gasteiger partial charge in [-0.3, -0.25) is 9.68 Å². The molecule has 2 N–H and O–H groups in total. The fourth-order valence-electron chi connectivity index (χ4n) is 8.39. The molecule has 0 unspecified atom stereocenters. The minimum Gasteiger partial charge on any atom is -0.382 e. The average Bonchev–Trinajstić information content (AvgIpc) is 3.32. The first-order valence-electron chi connectivity index (χ1n) is 15.9. The number of nitrogens with zero attached hydrogens (tertiary/aromatic N) is 2. The number of fused-ring (bicyclic) bond motifs is 4. The lowest BCUT2D eigenvalue weighted by atomic mass is 9.51. The normalized spacial score (nSPS) is 30.3. The lowest BCUT2D eigenvalue weighted by molar-refractivity contribution is -0.149. The van der Waals surface area contributed by atoms with Crippen molar-refractivity contribution in [3.8, 4) is 0 Å². The molecular formula is C34H46N4O6. The molecule has 238 valence electrons. The number of hydrogen-bond donors (Lipinski definition) is 2. The zero-order valence-corrected chi connectivity index (χ0v) is 26.6. The van der Waals surface area contributed by atoms with E-state index < -0.39 is 12.2 Å². The minimum atomic E-state index is -0.572. The summed E-state index contributed by atoms with van der Waals surface area (Å²) in [4.78, 5) is 33.4. The maximum absolute atomic E-state index is 11.8. The molecule has 0 saturated heterocycles. The van der Waals surface area contributed by atoms with Gasteiger partial charge in [0, 0.05) is 38.6 Å². The first kappa shape index (κ1) is 31.9. The highest BCUT2D eigenvalue weighted by molar-refractivity contribution is 5.97. The highest BCUT2D eigenvalue weighted by Gasteiger charge is 2.63. The predicted molar refractivity (Wildman–Crippen MR) is 169 cm³/mol. The van der Waals surface area contributed by atoms with E-state index in [0.717, 1.165) is 56.2 Å². The van der Waals surface area contributed by atoms with Crippen LogP contribution in [0.3, 0.4) is 0 Å². The van der Waals surface area contributed by atoms with E-state index in [4.69, 9.17) is 19.1 Å². The van der Waals surface area contributed by atoms with Crippen molar-refractivity contribution < 1.29 is 28.7 Å². The molecule has 1 aromatic carbocycles. The number of methoxy groups -OCH3 is 2. The van der Waals surface area contributed by atoms with Crippen LogP contribution in [-0.4, -0.2) is 63.6 Å². The minimum absolute atomic E-state index is 0.0548. The van der Waals surface area contributed by atoms with Crippen molar-refractivity contribution >= 4 is 24.1 Å². The zero-order chi connectivity index (χ0) is 31.3. The summed E-state index contributed by atoms with van der Waals surface area (Å²) in [6.07, 6.45) is 9.33. The van der Waals surface area contributed by atoms with Gasteiger partial charge in [0.15, 0.2) is 0 Å². The van der Waals surface area contributed by atoms with Crippen LogP contribution in [0.2, 0.25) is 0 Å². The van der Waals surface area contributed by atoms with Gasteiger partial charge in [-0.25, -0.2) is 9.59 Å². The predicted octanol–water partition coefficient (Wildman–Crippen LogP) is 6.23. The Balaban J connectivity index is 1.51. The molecule has 0 aromatic heterocycles. The fraction of sp³-hybridized carbons (Fsp3) is 0.588. The Labute approximate surface area is 260 Å². The molecule has 4 aliphatic carbocycles. The third-order valence-electron chi connectivity index (χ3n) is 10.4. The fourth-order valence-corrected chi connectivity index (χ4v) is 8.39. The van der Waals surface area contributed by atoms with Crippen LogP contribution in [0.4, 0.5) is 9.59 Å². The van der Waals surface area contributed by atoms with Crippen LogP contribution in [0.15, 0.2) is 57.4 Å². The zero-order valence-electron chi connectivity index (χ0n) is 26.6. The Morgan fingerprint density at radius 2 is 1.73 bits per heavy atom. The Morgan fingerprint density at radius 1 is 1.00 bits per heavy atom. The monoisotopic (exact) mass is 606 g/mol. The van der Waals surface area contributed by atoms with Crippen LogP contribution in [0, 0.1) is 17.3 Å². The van der Waals surface area contributed by atoms with Crippen LogP contribution >= 0.6 is 0 Å². The molecule has 0 aliphatic heterocycles. The van der Waals surface area contributed by atoms with Gasteiger partial charge in [-0.15, -0.1) is 0 Å². The first-order chi connectivity index (χ1) is 21.3. The summed E-state index contributed by atoms with van der Waals surface area (Å²) in [6.45, 7) is 7.66. The summed E-state index contributed by atoms with van der Waals surface area (Å²) in [6, 6.07) is 8.43. The van der Waals surface area contributed by atoms with Crippen molar-refractivity contribution in [2.45, 2.75) is 77.2 Å². The number of ether oxygens (including phenoxy) is 2. The van der Waals surface area contributed by atoms with Gasteiger partial charge in [0.1, 0.15) is 0 Å². The number of allylic oxidation sites excluding steroid dienone is 4. The van der Waals surface area contributed by atoms with Crippen molar-refractivity contribution in [1.82, 2.24) is 10.6 Å². The molecule has 2 saturated carbocycles. The van der Waals surface area contributed by atoms with Gasteiger partial charge in [0.2, 0.25) is 0 Å². The second kappa shape index (κ2) is 13.6. The van der Waals surface area contributed by atoms with E-state index in [9.17, 15) is 9.59 Å². The molecule has 2 amide bonds. The number of amides is 2. The Hall–Kier alpha value is -3.50. The van der Waals surface area contributed by atoms with Crippen molar-refractivity contribution in [3.05, 3.63) is 58.2 Å². The van der Waals surface area contributed by atoms with E-state index in [2.05, 4.69) is 46.1 Å². The van der Waals surface area contributed by atoms with Gasteiger partial charge < -0.3 is 20.1 Å². The number of hydrogen-bond acceptors (Lipinski definition) is 8. The van der Waals surface area contributed by atoms with Crippen LogP contribution in [0.5, 0.6) is 0 Å². The number of carbonyl (C=O) groups excluding carboxylic acids is 2. The topological polar surface area (TPSA) is 120 Å². The molecule has 2 fully saturated rings. The van der Waals surface area contributed by atoms with Crippen LogP contribution in [0.1, 0.15) is 82.8 Å². The quantitative estimate of drug-likeness (QED) is 0.195. The average molecular weight is 607 g/mol. The second-order valence-corrected chi connectivity index (χ2v) is 12.5. The molecule has 0 bridgehead atoms. The van der Waals surface area contributed by atoms with Gasteiger partial charge in [0.05, 0.1) is 24.1 Å². The van der Waals surface area contributed by atoms with Crippen molar-refractivity contribution in [1.29, 1.82) is 0 Å². The molecule has 10 nitrogen and oxygen atoms in total. The molecule has 1 aromatic rings. The number of benzene rings is 1. The van der Waals surface area contributed by atoms with Gasteiger partial charge in [-0.05, 0) is 99.0 Å². The van der Waals surface area contributed by atoms with E-state index in [1.54, 1.807) is 18.9 Å². The van der Waals surface area contributed by atoms with Gasteiger partial charge >= 0.3 is 12.2 Å². The third kappa shape index (κ3) is 6.06. The summed E-state index contributed by atoms with van der Waals surface area (Å²) < 4.78 is 12.2. The van der Waals surface area contributed by atoms with Gasteiger partial charge in [0.25, 0.3) is 0 Å². The summed E-state index contributed by atoms with van der Waals surface area (Å²) in [5.74, 6) is 1.18. The number of rotatable bonds is 9. The molecule has 5 rings (SSSR count). The van der Waals surface area contributed by atoms with Crippen LogP contribution in [-0.2, 0) is 19.1 Å². The maximum atomic E-state index is 11.8. The number of oxime groups is 2. The summed E-state index contributed by atoms with van der Waals surface area (Å²) >= 11 is 0. The molecule has 0 radical (unpaired) electrons. The summed E-state index contributed by atoms with van der Waals surface area (Å²) in [5, 5.41) is 13.2. The van der Waals surface area contributed by atoms with E-state index in [1.807, 2.05) is 33.1 Å². The molecule has 4 aliphatic rings.